The van der Waals surface area contributed by atoms with Crippen molar-refractivity contribution in [1.29, 1.82) is 5.26 Å². The van der Waals surface area contributed by atoms with Gasteiger partial charge in [0.15, 0.2) is 11.4 Å². The molecule has 6 aromatic heterocycles. The van der Waals surface area contributed by atoms with Crippen molar-refractivity contribution < 1.29 is 53.2 Å². The lowest BCUT2D eigenvalue weighted by molar-refractivity contribution is -0.136. The third-order valence-electron chi connectivity index (χ3n) is 17.0. The Morgan fingerprint density at radius 3 is 1.30 bits per heavy atom. The number of likely N-dealkylation sites (tertiary alicyclic amines) is 3. The summed E-state index contributed by atoms with van der Waals surface area (Å²) < 4.78 is 17.8. The van der Waals surface area contributed by atoms with Crippen LogP contribution in [0.4, 0.5) is 0 Å². The number of benzene rings is 3. The molecule has 3 aromatic carbocycles. The van der Waals surface area contributed by atoms with Crippen LogP contribution in [0.15, 0.2) is 115 Å². The van der Waals surface area contributed by atoms with E-state index in [4.69, 9.17) is 20.3 Å². The Kier molecular flexibility index (Phi) is 33.6. The number of amides is 3. The molecule has 6 atom stereocenters. The van der Waals surface area contributed by atoms with Crippen molar-refractivity contribution in [3.05, 3.63) is 171 Å². The normalized spacial score (nSPS) is 17.0. The maximum atomic E-state index is 13.5. The summed E-state index contributed by atoms with van der Waals surface area (Å²) in [5, 5.41) is 79.9. The van der Waals surface area contributed by atoms with Crippen LogP contribution in [-0.2, 0) is 24.6 Å². The van der Waals surface area contributed by atoms with Crippen molar-refractivity contribution in [1.82, 2.24) is 105 Å². The third-order valence-corrected chi connectivity index (χ3v) is 17.7. The fourth-order valence-corrected chi connectivity index (χ4v) is 11.9. The van der Waals surface area contributed by atoms with Gasteiger partial charge in [-0.3, -0.25) is 14.4 Å². The summed E-state index contributed by atoms with van der Waals surface area (Å²) >= 11 is 0. The minimum atomic E-state index is -1.45. The van der Waals surface area contributed by atoms with Crippen LogP contribution >= 0.6 is 0 Å². The number of carbonyl (C=O) groups is 6. The molecule has 0 spiro atoms. The van der Waals surface area contributed by atoms with Gasteiger partial charge in [-0.2, -0.15) is 85.4 Å². The highest BCUT2D eigenvalue weighted by Crippen LogP contribution is 2.32. The Balaban J connectivity index is 0.000000222. The monoisotopic (exact) mass is 1540 g/mol. The fraction of sp³-hybridized carbons (Fsp3) is 0.473. The van der Waals surface area contributed by atoms with Crippen LogP contribution in [0.25, 0.3) is 27.5 Å². The van der Waals surface area contributed by atoms with Crippen LogP contribution in [0.5, 0.6) is 0 Å². The number of nitrogens with one attached hydrogen (secondary N) is 1. The number of rotatable bonds is 15. The third kappa shape index (κ3) is 25.2. The molecule has 3 aliphatic heterocycles. The number of para-hydroxylation sites is 3. The van der Waals surface area contributed by atoms with Gasteiger partial charge in [-0.25, -0.2) is 14.4 Å². The van der Waals surface area contributed by atoms with Crippen molar-refractivity contribution in [3.63, 3.8) is 0 Å². The van der Waals surface area contributed by atoms with Crippen LogP contribution < -0.4 is 0 Å². The zero-order valence-corrected chi connectivity index (χ0v) is 66.6. The number of ether oxygens (including phenoxy) is 3. The standard InChI is InChI=1S/C21H25N7O3.C21H27N7O2.C15H18N4O2.C6H9N3O2.C6H8O2.C3H9N3Si.C2H3N/c1-4-31-21(30)19-15(3)24-27(25-19)16-10-9-14(2)26(13-16)20(29)17-7-5-6-8-18(17)28-22-11-12-23-28;1-14-9-10-16(27-24-15(2)19(25-27)21(3,4)30)13-26(14)20(29)17-7-5-6-8-18(17)28-22-11-12-23-28;1-11-6-7-12(20)10-18(11)15(21)13-4-2-3-5-14(13)19-16-8-9-17-19;1-3-11-6(10)5-4(2)7-9-8-5;1-3-5-6(7)8-4-2;1-7(2,3)6-5-4;1-2-3/h5-8,11-12,14,16H,4,9-10,13H2,1-3H3;5-8,11-12,14,16,30H,9-10,13H2,1-4H3;2-5,8-9,11-12,20H,6-7,10H2,1H3;3H2,1-2H3,(H,7,8,9);4H2,1-2H3;1-3H3;1H3/t2*14-,16-;11-,12+;;;;/m111..../s1. The fourth-order valence-electron chi connectivity index (χ4n) is 11.6. The molecule has 0 unspecified atom stereocenters. The average molecular weight is 1540 g/mol. The highest BCUT2D eigenvalue weighted by molar-refractivity contribution is 6.74. The van der Waals surface area contributed by atoms with E-state index in [9.17, 15) is 39.0 Å². The first-order valence-corrected chi connectivity index (χ1v) is 39.7. The molecule has 3 fully saturated rings. The lowest BCUT2D eigenvalue weighted by Crippen LogP contribution is -2.47. The number of nitrogens with zero attached hydrogens (tertiary/aromatic N) is 24. The number of hydrogen-bond acceptors (Lipinski definition) is 25. The Morgan fingerprint density at radius 1 is 0.568 bits per heavy atom. The largest absolute Gasteiger partial charge is 0.461 e. The van der Waals surface area contributed by atoms with E-state index in [1.165, 1.54) is 21.3 Å². The van der Waals surface area contributed by atoms with E-state index in [1.807, 2.05) is 105 Å². The lowest BCUT2D eigenvalue weighted by atomic mass is 9.98. The van der Waals surface area contributed by atoms with E-state index in [0.29, 0.717) is 89.4 Å². The first kappa shape index (κ1) is 87.7. The Labute approximate surface area is 645 Å². The summed E-state index contributed by atoms with van der Waals surface area (Å²) in [4.78, 5) is 88.9. The van der Waals surface area contributed by atoms with Crippen molar-refractivity contribution in [2.45, 2.75) is 190 Å². The van der Waals surface area contributed by atoms with E-state index in [1.54, 1.807) is 131 Å². The zero-order chi connectivity index (χ0) is 81.5. The van der Waals surface area contributed by atoms with Crippen molar-refractivity contribution in [3.8, 4) is 35.0 Å². The van der Waals surface area contributed by atoms with Crippen LogP contribution in [0.3, 0.4) is 0 Å². The molecule has 12 rings (SSSR count). The number of aliphatic hydroxyl groups is 2. The van der Waals surface area contributed by atoms with Gasteiger partial charge in [0, 0.05) is 50.6 Å². The van der Waals surface area contributed by atoms with Crippen LogP contribution in [0, 0.1) is 43.9 Å². The zero-order valence-electron chi connectivity index (χ0n) is 65.6. The highest BCUT2D eigenvalue weighted by Gasteiger charge is 2.37. The summed E-state index contributed by atoms with van der Waals surface area (Å²) in [6.07, 6.45) is 13.9. The second-order valence-corrected chi connectivity index (χ2v) is 31.5. The molecule has 3 aliphatic rings. The van der Waals surface area contributed by atoms with E-state index < -0.39 is 37.8 Å². The van der Waals surface area contributed by atoms with Gasteiger partial charge in [0.1, 0.15) is 19.5 Å². The number of esters is 3. The van der Waals surface area contributed by atoms with E-state index >= 15 is 0 Å². The molecule has 0 radical (unpaired) electrons. The first-order chi connectivity index (χ1) is 52.9. The summed E-state index contributed by atoms with van der Waals surface area (Å²) in [5.41, 5.74) is 13.2. The number of aliphatic hydroxyl groups excluding tert-OH is 1. The number of aromatic nitrogens is 18. The van der Waals surface area contributed by atoms with Gasteiger partial charge in [-0.15, -0.1) is 15.0 Å². The highest BCUT2D eigenvalue weighted by atomic mass is 28.3. The summed E-state index contributed by atoms with van der Waals surface area (Å²) in [6, 6.07) is 23.8. The Hall–Kier alpha value is -12.2. The number of aryl methyl sites for hydroxylation is 3. The van der Waals surface area contributed by atoms with E-state index in [-0.39, 0.29) is 65.9 Å². The number of carbonyl (C=O) groups excluding carboxylic acids is 6. The predicted octanol–water partition coefficient (Wildman–Crippen LogP) is 9.25. The molecule has 9 aromatic rings. The number of hydrogen-bond donors (Lipinski definition) is 3. The van der Waals surface area contributed by atoms with Crippen LogP contribution in [0.1, 0.15) is 195 Å². The van der Waals surface area contributed by atoms with Gasteiger partial charge < -0.3 is 39.1 Å². The molecule has 0 aliphatic carbocycles. The molecule has 111 heavy (non-hydrogen) atoms. The lowest BCUT2D eigenvalue weighted by Gasteiger charge is -2.37. The number of nitriles is 1. The molecule has 3 N–H and O–H groups in total. The SMILES string of the molecule is CC#CC(=O)OCC.CC#N.CCOC(=O)c1n[nH]nc1C.CCOC(=O)c1nn([C@@H]2CC[C@@H](C)N(C(=O)c3ccccc3-n3nccn3)C2)nc1C.C[C@@H]1CC[C@H](O)CN1C(=O)c1ccccc1-n1nccn1.C[Si](C)(C)N=[N+]=[N-].Cc1nn([C@@H]2CC[C@@H](C)N(C(=O)c3ccccc3-n3nccn3)C2)nc1C(C)(C)O. The quantitative estimate of drug-likeness (QED) is 0.0126. The topological polar surface area (TPSA) is 448 Å². The average Bonchev–Trinajstić information content (AvgIpc) is 1.76. The Bertz CT molecular complexity index is 4640. The number of aromatic amines is 1. The first-order valence-electron chi connectivity index (χ1n) is 36.2. The number of β-amino-alcohol motifs (C(OH)–C–C–N with tert-alkyl or cyclic N) is 1. The molecule has 3 amide bonds. The molecule has 37 heteroatoms. The molecule has 590 valence electrons. The van der Waals surface area contributed by atoms with Gasteiger partial charge in [0.05, 0.1) is 132 Å². The number of piperidine rings is 3. The molecule has 36 nitrogen and oxygen atoms in total. The second-order valence-electron chi connectivity index (χ2n) is 27.0. The summed E-state index contributed by atoms with van der Waals surface area (Å²) in [7, 11) is -1.45. The van der Waals surface area contributed by atoms with Gasteiger partial charge in [0.25, 0.3) is 17.7 Å². The maximum absolute atomic E-state index is 13.5. The molecular formula is C74H99N25O11Si. The van der Waals surface area contributed by atoms with Crippen molar-refractivity contribution in [2.75, 3.05) is 39.5 Å². The minimum absolute atomic E-state index is 0.0464. The molecule has 3 saturated heterocycles. The molecule has 0 bridgehead atoms. The smallest absolute Gasteiger partial charge is 0.384 e. The van der Waals surface area contributed by atoms with E-state index in [0.717, 1.165) is 38.5 Å². The maximum Gasteiger partial charge on any atom is 0.384 e. The van der Waals surface area contributed by atoms with Gasteiger partial charge in [-0.05, 0) is 168 Å². The molecule has 0 saturated carbocycles. The van der Waals surface area contributed by atoms with Gasteiger partial charge in [-0.1, -0.05) is 62.0 Å². The van der Waals surface area contributed by atoms with Crippen LogP contribution in [0.2, 0.25) is 19.6 Å². The number of H-pyrrole nitrogens is 1. The van der Waals surface area contributed by atoms with E-state index in [2.05, 4.69) is 99.6 Å². The Morgan fingerprint density at radius 2 is 0.946 bits per heavy atom. The van der Waals surface area contributed by atoms with Crippen LogP contribution in [-0.4, -0.2) is 223 Å². The second kappa shape index (κ2) is 42.5. The predicted molar refractivity (Wildman–Crippen MR) is 409 cm³/mol. The van der Waals surface area contributed by atoms with Crippen molar-refractivity contribution >= 4 is 43.9 Å². The van der Waals surface area contributed by atoms with Gasteiger partial charge >= 0.3 is 17.9 Å². The van der Waals surface area contributed by atoms with Gasteiger partial charge in [0.2, 0.25) is 0 Å². The minimum Gasteiger partial charge on any atom is -0.461 e. The van der Waals surface area contributed by atoms with Crippen molar-refractivity contribution in [2.24, 2.45) is 4.78 Å². The summed E-state index contributed by atoms with van der Waals surface area (Å²) in [6.45, 7) is 31.4. The molecular weight excluding hydrogens is 1440 g/mol. The number of azide groups is 1. The molecule has 9 heterocycles. The summed E-state index contributed by atoms with van der Waals surface area (Å²) in [5.74, 6) is 3.05.